The van der Waals surface area contributed by atoms with Gasteiger partial charge in [-0.05, 0) is 79.9 Å². The molecule has 0 aliphatic carbocycles. The Balaban J connectivity index is 1.20. The van der Waals surface area contributed by atoms with Gasteiger partial charge in [0.2, 0.25) is 5.88 Å². The SMILES string of the molecule is Cc1ccc(NC(=O)c2ccc3c(c2)OCCO3)cc1NC(=O)c1ccc2nc(OCCCCNC(=O)O)ccc2c1. The first-order valence-corrected chi connectivity index (χ1v) is 13.5. The van der Waals surface area contributed by atoms with Gasteiger partial charge in [0.05, 0.1) is 12.1 Å². The van der Waals surface area contributed by atoms with Gasteiger partial charge in [0.15, 0.2) is 11.5 Å². The molecule has 5 rings (SSSR count). The van der Waals surface area contributed by atoms with Crippen LogP contribution in [0, 0.1) is 6.92 Å². The van der Waals surface area contributed by atoms with E-state index in [0.29, 0.717) is 84.6 Å². The number of aromatic nitrogens is 1. The van der Waals surface area contributed by atoms with Gasteiger partial charge in [0.25, 0.3) is 11.8 Å². The minimum absolute atomic E-state index is 0.300. The highest BCUT2D eigenvalue weighted by Crippen LogP contribution is 2.31. The fourth-order valence-corrected chi connectivity index (χ4v) is 4.34. The van der Waals surface area contributed by atoms with Crippen molar-refractivity contribution in [1.29, 1.82) is 0 Å². The molecule has 11 nitrogen and oxygen atoms in total. The Morgan fingerprint density at radius 2 is 1.62 bits per heavy atom. The Kier molecular flexibility index (Phi) is 8.67. The molecule has 2 heterocycles. The summed E-state index contributed by atoms with van der Waals surface area (Å²) in [6.07, 6.45) is 0.302. The summed E-state index contributed by atoms with van der Waals surface area (Å²) in [5.41, 5.74) is 3.50. The van der Waals surface area contributed by atoms with Crippen LogP contribution in [0.25, 0.3) is 10.9 Å². The average Bonchev–Trinajstić information content (AvgIpc) is 2.99. The van der Waals surface area contributed by atoms with Crippen LogP contribution in [-0.2, 0) is 0 Å². The summed E-state index contributed by atoms with van der Waals surface area (Å²) < 4.78 is 16.8. The molecule has 42 heavy (non-hydrogen) atoms. The fraction of sp³-hybridized carbons (Fsp3) is 0.226. The van der Waals surface area contributed by atoms with Gasteiger partial charge in [-0.25, -0.2) is 9.78 Å². The van der Waals surface area contributed by atoms with Crippen molar-refractivity contribution in [2.24, 2.45) is 0 Å². The van der Waals surface area contributed by atoms with Gasteiger partial charge in [-0.2, -0.15) is 0 Å². The van der Waals surface area contributed by atoms with Crippen molar-refractivity contribution in [3.05, 3.63) is 83.4 Å². The number of carbonyl (C=O) groups excluding carboxylic acids is 2. The molecule has 216 valence electrons. The smallest absolute Gasteiger partial charge is 0.404 e. The van der Waals surface area contributed by atoms with Crippen molar-refractivity contribution >= 4 is 40.2 Å². The maximum absolute atomic E-state index is 13.1. The molecule has 0 fully saturated rings. The van der Waals surface area contributed by atoms with Crippen molar-refractivity contribution < 1.29 is 33.7 Å². The van der Waals surface area contributed by atoms with Gasteiger partial charge in [-0.15, -0.1) is 0 Å². The van der Waals surface area contributed by atoms with Crippen LogP contribution in [0.4, 0.5) is 16.2 Å². The van der Waals surface area contributed by atoms with Crippen molar-refractivity contribution in [1.82, 2.24) is 10.3 Å². The second kappa shape index (κ2) is 12.9. The van der Waals surface area contributed by atoms with E-state index in [2.05, 4.69) is 20.9 Å². The Hall–Kier alpha value is -5.32. The second-order valence-electron chi connectivity index (χ2n) is 9.64. The van der Waals surface area contributed by atoms with Crippen LogP contribution in [0.15, 0.2) is 66.7 Å². The summed E-state index contributed by atoms with van der Waals surface area (Å²) in [7, 11) is 0. The fourth-order valence-electron chi connectivity index (χ4n) is 4.34. The van der Waals surface area contributed by atoms with E-state index in [0.717, 1.165) is 10.9 Å². The molecule has 3 aromatic carbocycles. The number of fused-ring (bicyclic) bond motifs is 2. The first-order chi connectivity index (χ1) is 20.4. The molecule has 0 saturated carbocycles. The van der Waals surface area contributed by atoms with Crippen molar-refractivity contribution in [2.75, 3.05) is 37.0 Å². The predicted octanol–water partition coefficient (Wildman–Crippen LogP) is 5.25. The molecule has 1 aliphatic heterocycles. The molecular weight excluding hydrogens is 540 g/mol. The number of rotatable bonds is 10. The molecule has 0 atom stereocenters. The molecule has 4 N–H and O–H groups in total. The van der Waals surface area contributed by atoms with Crippen LogP contribution < -0.4 is 30.2 Å². The summed E-state index contributed by atoms with van der Waals surface area (Å²) in [6, 6.07) is 19.1. The normalized spacial score (nSPS) is 11.9. The first-order valence-electron chi connectivity index (χ1n) is 13.5. The van der Waals surface area contributed by atoms with Gasteiger partial charge in [-0.1, -0.05) is 6.07 Å². The zero-order valence-electron chi connectivity index (χ0n) is 22.9. The monoisotopic (exact) mass is 570 g/mol. The summed E-state index contributed by atoms with van der Waals surface area (Å²) in [5.74, 6) is 0.981. The number of hydrogen-bond acceptors (Lipinski definition) is 7. The van der Waals surface area contributed by atoms with E-state index in [9.17, 15) is 14.4 Å². The number of ether oxygens (including phenoxy) is 3. The number of nitrogens with zero attached hydrogens (tertiary/aromatic N) is 1. The standard InChI is InChI=1S/C31H30N4O7/c1-19-4-8-23(33-29(36)22-6-10-26-27(17-22)41-15-14-40-26)18-25(19)35-30(37)21-5-9-24-20(16-21)7-11-28(34-24)42-13-3-2-12-32-31(38)39/h4-11,16-18,32H,2-3,12-15H2,1H3,(H,33,36)(H,35,37)(H,38,39). The molecule has 4 aromatic rings. The highest BCUT2D eigenvalue weighted by atomic mass is 16.6. The maximum atomic E-state index is 13.1. The van der Waals surface area contributed by atoms with Crippen LogP contribution in [0.1, 0.15) is 39.1 Å². The Bertz CT molecular complexity index is 1640. The van der Waals surface area contributed by atoms with Crippen LogP contribution >= 0.6 is 0 Å². The topological polar surface area (TPSA) is 148 Å². The molecule has 0 radical (unpaired) electrons. The van der Waals surface area contributed by atoms with Crippen LogP contribution in [0.2, 0.25) is 0 Å². The first kappa shape index (κ1) is 28.2. The number of pyridine rings is 1. The van der Waals surface area contributed by atoms with Crippen molar-refractivity contribution in [2.45, 2.75) is 19.8 Å². The van der Waals surface area contributed by atoms with E-state index >= 15 is 0 Å². The van der Waals surface area contributed by atoms with E-state index in [1.54, 1.807) is 54.6 Å². The average molecular weight is 571 g/mol. The number of anilines is 2. The van der Waals surface area contributed by atoms with E-state index in [1.807, 2.05) is 19.1 Å². The largest absolute Gasteiger partial charge is 0.486 e. The number of amides is 3. The molecule has 0 spiro atoms. The van der Waals surface area contributed by atoms with Crippen LogP contribution in [-0.4, -0.2) is 54.4 Å². The third kappa shape index (κ3) is 7.05. The minimum atomic E-state index is -1.04. The van der Waals surface area contributed by atoms with Gasteiger partial charge in [0, 0.05) is 40.5 Å². The third-order valence-corrected chi connectivity index (χ3v) is 6.57. The lowest BCUT2D eigenvalue weighted by atomic mass is 10.1. The van der Waals surface area contributed by atoms with E-state index < -0.39 is 6.09 Å². The number of unbranched alkanes of at least 4 members (excludes halogenated alkanes) is 1. The molecule has 11 heteroatoms. The predicted molar refractivity (Wildman–Crippen MR) is 157 cm³/mol. The summed E-state index contributed by atoms with van der Waals surface area (Å²) in [5, 5.41) is 17.5. The number of nitrogens with one attached hydrogen (secondary N) is 3. The molecule has 0 saturated heterocycles. The molecular formula is C31H30N4O7. The van der Waals surface area contributed by atoms with Crippen LogP contribution in [0.5, 0.6) is 17.4 Å². The van der Waals surface area contributed by atoms with E-state index in [1.165, 1.54) is 0 Å². The Labute approximate surface area is 241 Å². The molecule has 1 aromatic heterocycles. The summed E-state index contributed by atoms with van der Waals surface area (Å²) in [6.45, 7) is 3.56. The maximum Gasteiger partial charge on any atom is 0.404 e. The highest BCUT2D eigenvalue weighted by Gasteiger charge is 2.16. The number of carbonyl (C=O) groups is 3. The van der Waals surface area contributed by atoms with Crippen molar-refractivity contribution in [3.8, 4) is 17.4 Å². The second-order valence-corrected chi connectivity index (χ2v) is 9.64. The van der Waals surface area contributed by atoms with Gasteiger partial charge in [-0.3, -0.25) is 9.59 Å². The quantitative estimate of drug-likeness (QED) is 0.189. The zero-order chi connectivity index (χ0) is 29.5. The molecule has 0 bridgehead atoms. The Morgan fingerprint density at radius 3 is 2.45 bits per heavy atom. The van der Waals surface area contributed by atoms with Crippen LogP contribution in [0.3, 0.4) is 0 Å². The molecule has 0 unspecified atom stereocenters. The lowest BCUT2D eigenvalue weighted by Crippen LogP contribution is -2.22. The lowest BCUT2D eigenvalue weighted by molar-refractivity contribution is 0.101. The molecule has 3 amide bonds. The van der Waals surface area contributed by atoms with E-state index in [-0.39, 0.29) is 11.8 Å². The van der Waals surface area contributed by atoms with Gasteiger partial charge in [0.1, 0.15) is 13.2 Å². The number of hydrogen-bond donors (Lipinski definition) is 4. The van der Waals surface area contributed by atoms with Gasteiger partial charge < -0.3 is 35.3 Å². The third-order valence-electron chi connectivity index (χ3n) is 6.57. The molecule has 1 aliphatic rings. The minimum Gasteiger partial charge on any atom is -0.486 e. The van der Waals surface area contributed by atoms with Crippen molar-refractivity contribution in [3.63, 3.8) is 0 Å². The Morgan fingerprint density at radius 1 is 0.857 bits per heavy atom. The zero-order valence-corrected chi connectivity index (χ0v) is 22.9. The number of benzene rings is 3. The highest BCUT2D eigenvalue weighted by molar-refractivity contribution is 6.08. The number of aryl methyl sites for hydroxylation is 1. The van der Waals surface area contributed by atoms with E-state index in [4.69, 9.17) is 19.3 Å². The van der Waals surface area contributed by atoms with Gasteiger partial charge >= 0.3 is 6.09 Å². The summed E-state index contributed by atoms with van der Waals surface area (Å²) >= 11 is 0. The lowest BCUT2D eigenvalue weighted by Gasteiger charge is -2.18. The summed E-state index contributed by atoms with van der Waals surface area (Å²) in [4.78, 5) is 41.0. The number of carboxylic acid groups (broad SMARTS) is 1.